The smallest absolute Gasteiger partial charge is 0.416 e. The number of hydrogen-bond donors (Lipinski definition) is 2. The minimum Gasteiger partial charge on any atom is -0.496 e. The third kappa shape index (κ3) is 6.06. The number of carbonyl (C=O) groups excluding carboxylic acids is 1. The molecule has 0 heterocycles. The zero-order valence-corrected chi connectivity index (χ0v) is 18.2. The minimum absolute atomic E-state index is 0.0110. The summed E-state index contributed by atoms with van der Waals surface area (Å²) in [6.07, 6.45) is -1.15. The molecule has 0 spiro atoms. The molecular weight excluding hydrogens is 429 g/mol. The molecule has 4 nitrogen and oxygen atoms in total. The fraction of sp³-hybridized carbons (Fsp3) is 0.435. The Morgan fingerprint density at radius 1 is 1.13 bits per heavy atom. The normalized spacial score (nSPS) is 19.0. The first kappa shape index (κ1) is 23.3. The van der Waals surface area contributed by atoms with Crippen molar-refractivity contribution in [1.82, 2.24) is 5.32 Å². The SMILES string of the molecule is COc1cc(NCC2CCC(NC(=O)c3cc(C(F)(F)F)ccc3Cl)CC2)ccc1C. The lowest BCUT2D eigenvalue weighted by Crippen LogP contribution is -2.38. The van der Waals surface area contributed by atoms with Crippen LogP contribution in [0.25, 0.3) is 0 Å². The Balaban J connectivity index is 1.51. The van der Waals surface area contributed by atoms with Crippen LogP contribution in [0.3, 0.4) is 0 Å². The van der Waals surface area contributed by atoms with E-state index in [1.54, 1.807) is 7.11 Å². The van der Waals surface area contributed by atoms with Crippen LogP contribution in [0.4, 0.5) is 18.9 Å². The number of benzene rings is 2. The van der Waals surface area contributed by atoms with Gasteiger partial charge in [0.25, 0.3) is 5.91 Å². The highest BCUT2D eigenvalue weighted by atomic mass is 35.5. The van der Waals surface area contributed by atoms with Crippen LogP contribution in [-0.4, -0.2) is 25.6 Å². The van der Waals surface area contributed by atoms with Crippen LogP contribution in [-0.2, 0) is 6.18 Å². The molecule has 2 aromatic carbocycles. The highest BCUT2D eigenvalue weighted by molar-refractivity contribution is 6.33. The standard InChI is InChI=1S/C23H26ClF3N2O2/c1-14-3-7-18(12-21(14)31-2)28-13-15-4-8-17(9-5-15)29-22(30)19-11-16(23(25,26)27)6-10-20(19)24/h3,6-7,10-12,15,17,28H,4-5,8-9,13H2,1-2H3,(H,29,30). The van der Waals surface area contributed by atoms with Gasteiger partial charge in [0, 0.05) is 24.3 Å². The zero-order valence-electron chi connectivity index (χ0n) is 17.5. The number of hydrogen-bond acceptors (Lipinski definition) is 3. The molecule has 0 atom stereocenters. The van der Waals surface area contributed by atoms with Gasteiger partial charge in [-0.3, -0.25) is 4.79 Å². The Morgan fingerprint density at radius 2 is 1.84 bits per heavy atom. The Kier molecular flexibility index (Phi) is 7.36. The van der Waals surface area contributed by atoms with Crippen molar-refractivity contribution < 1.29 is 22.7 Å². The molecule has 1 aliphatic carbocycles. The number of amides is 1. The Hall–Kier alpha value is -2.41. The summed E-state index contributed by atoms with van der Waals surface area (Å²) in [6.45, 7) is 2.80. The van der Waals surface area contributed by atoms with Gasteiger partial charge in [-0.1, -0.05) is 17.7 Å². The van der Waals surface area contributed by atoms with Gasteiger partial charge < -0.3 is 15.4 Å². The number of ether oxygens (including phenoxy) is 1. The van der Waals surface area contributed by atoms with Crippen LogP contribution >= 0.6 is 11.6 Å². The topological polar surface area (TPSA) is 50.4 Å². The quantitative estimate of drug-likeness (QED) is 0.556. The van der Waals surface area contributed by atoms with E-state index in [9.17, 15) is 18.0 Å². The lowest BCUT2D eigenvalue weighted by molar-refractivity contribution is -0.137. The Bertz CT molecular complexity index is 926. The summed E-state index contributed by atoms with van der Waals surface area (Å²) in [5.74, 6) is 0.728. The van der Waals surface area contributed by atoms with Crippen molar-refractivity contribution in [3.8, 4) is 5.75 Å². The second-order valence-corrected chi connectivity index (χ2v) is 8.36. The molecular formula is C23H26ClF3N2O2. The van der Waals surface area contributed by atoms with E-state index in [0.717, 1.165) is 67.4 Å². The zero-order chi connectivity index (χ0) is 22.6. The fourth-order valence-corrected chi connectivity index (χ4v) is 4.05. The van der Waals surface area contributed by atoms with Crippen molar-refractivity contribution in [1.29, 1.82) is 0 Å². The summed E-state index contributed by atoms with van der Waals surface area (Å²) in [5, 5.41) is 6.29. The van der Waals surface area contributed by atoms with Crippen LogP contribution in [0.2, 0.25) is 5.02 Å². The van der Waals surface area contributed by atoms with Gasteiger partial charge >= 0.3 is 6.18 Å². The molecule has 1 aliphatic rings. The molecule has 0 saturated heterocycles. The fourth-order valence-electron chi connectivity index (χ4n) is 3.84. The van der Waals surface area contributed by atoms with E-state index >= 15 is 0 Å². The summed E-state index contributed by atoms with van der Waals surface area (Å²) in [5.41, 5.74) is 1.04. The van der Waals surface area contributed by atoms with Crippen molar-refractivity contribution in [2.75, 3.05) is 19.0 Å². The van der Waals surface area contributed by atoms with Gasteiger partial charge in [0.2, 0.25) is 0 Å². The number of methoxy groups -OCH3 is 1. The van der Waals surface area contributed by atoms with Crippen molar-refractivity contribution in [2.24, 2.45) is 5.92 Å². The molecule has 0 bridgehead atoms. The third-order valence-corrected chi connectivity index (χ3v) is 6.05. The van der Waals surface area contributed by atoms with Crippen LogP contribution in [0.15, 0.2) is 36.4 Å². The largest absolute Gasteiger partial charge is 0.496 e. The van der Waals surface area contributed by atoms with Gasteiger partial charge in [-0.15, -0.1) is 0 Å². The van der Waals surface area contributed by atoms with Gasteiger partial charge in [-0.2, -0.15) is 13.2 Å². The number of carbonyl (C=O) groups is 1. The second-order valence-electron chi connectivity index (χ2n) is 7.95. The molecule has 2 aromatic rings. The number of anilines is 1. The van der Waals surface area contributed by atoms with Crippen LogP contribution in [0.5, 0.6) is 5.75 Å². The van der Waals surface area contributed by atoms with Crippen molar-refractivity contribution in [3.05, 3.63) is 58.1 Å². The molecule has 3 rings (SSSR count). The van der Waals surface area contributed by atoms with E-state index in [-0.39, 0.29) is 16.6 Å². The lowest BCUT2D eigenvalue weighted by Gasteiger charge is -2.29. The molecule has 0 aliphatic heterocycles. The van der Waals surface area contributed by atoms with Gasteiger partial charge in [0.05, 0.1) is 23.3 Å². The van der Waals surface area contributed by atoms with Gasteiger partial charge in [-0.05, 0) is 68.4 Å². The van der Waals surface area contributed by atoms with E-state index in [2.05, 4.69) is 10.6 Å². The maximum atomic E-state index is 12.9. The predicted octanol–water partition coefficient (Wildman–Crippen LogP) is 6.08. The summed E-state index contributed by atoms with van der Waals surface area (Å²) in [4.78, 5) is 12.5. The van der Waals surface area contributed by atoms with E-state index < -0.39 is 17.6 Å². The predicted molar refractivity (Wildman–Crippen MR) is 116 cm³/mol. The number of halogens is 4. The van der Waals surface area contributed by atoms with E-state index in [1.165, 1.54) is 0 Å². The molecule has 1 saturated carbocycles. The number of aryl methyl sites for hydroxylation is 1. The highest BCUT2D eigenvalue weighted by Gasteiger charge is 2.32. The van der Waals surface area contributed by atoms with Crippen molar-refractivity contribution in [2.45, 2.75) is 44.8 Å². The van der Waals surface area contributed by atoms with E-state index in [1.807, 2.05) is 25.1 Å². The molecule has 8 heteroatoms. The van der Waals surface area contributed by atoms with Crippen LogP contribution < -0.4 is 15.4 Å². The van der Waals surface area contributed by atoms with Gasteiger partial charge in [0.15, 0.2) is 0 Å². The average molecular weight is 455 g/mol. The summed E-state index contributed by atoms with van der Waals surface area (Å²) < 4.78 is 44.1. The third-order valence-electron chi connectivity index (χ3n) is 5.72. The number of alkyl halides is 3. The molecule has 2 N–H and O–H groups in total. The molecule has 0 unspecified atom stereocenters. The first-order chi connectivity index (χ1) is 14.7. The number of nitrogens with one attached hydrogen (secondary N) is 2. The van der Waals surface area contributed by atoms with E-state index in [0.29, 0.717) is 5.92 Å². The maximum absolute atomic E-state index is 12.9. The molecule has 31 heavy (non-hydrogen) atoms. The summed E-state index contributed by atoms with van der Waals surface area (Å²) in [7, 11) is 1.65. The molecule has 0 radical (unpaired) electrons. The van der Waals surface area contributed by atoms with Crippen molar-refractivity contribution >= 4 is 23.2 Å². The molecule has 0 aromatic heterocycles. The summed E-state index contributed by atoms with van der Waals surface area (Å²) >= 11 is 5.97. The monoisotopic (exact) mass is 454 g/mol. The summed E-state index contributed by atoms with van der Waals surface area (Å²) in [6, 6.07) is 8.72. The molecule has 1 fully saturated rings. The number of rotatable bonds is 6. The first-order valence-electron chi connectivity index (χ1n) is 10.2. The Morgan fingerprint density at radius 3 is 2.48 bits per heavy atom. The van der Waals surface area contributed by atoms with E-state index in [4.69, 9.17) is 16.3 Å². The highest BCUT2D eigenvalue weighted by Crippen LogP contribution is 2.32. The van der Waals surface area contributed by atoms with Crippen LogP contribution in [0.1, 0.15) is 47.2 Å². The lowest BCUT2D eigenvalue weighted by atomic mass is 9.86. The maximum Gasteiger partial charge on any atom is 0.416 e. The second kappa shape index (κ2) is 9.81. The molecule has 1 amide bonds. The van der Waals surface area contributed by atoms with Crippen molar-refractivity contribution in [3.63, 3.8) is 0 Å². The molecule has 168 valence electrons. The average Bonchev–Trinajstić information content (AvgIpc) is 2.73. The van der Waals surface area contributed by atoms with Gasteiger partial charge in [0.1, 0.15) is 5.75 Å². The Labute approximate surface area is 185 Å². The van der Waals surface area contributed by atoms with Crippen LogP contribution in [0, 0.1) is 12.8 Å². The minimum atomic E-state index is -4.52. The first-order valence-corrected chi connectivity index (χ1v) is 10.6. The van der Waals surface area contributed by atoms with Gasteiger partial charge in [-0.25, -0.2) is 0 Å².